The fourth-order valence-corrected chi connectivity index (χ4v) is 0. The second-order valence-electron chi connectivity index (χ2n) is 1.21. The van der Waals surface area contributed by atoms with Gasteiger partial charge in [-0.1, -0.05) is 0 Å². The zero-order valence-corrected chi connectivity index (χ0v) is 9.88. The molecular formula is C3H12CuN6S3+. The molecule has 0 aliphatic carbocycles. The molecule has 0 aromatic carbocycles. The smallest absolute Gasteiger partial charge is 0.377 e. The SMILES string of the molecule is NC(N)=S.NC(N)=S.NC(N)=S.[Cu+]. The maximum absolute atomic E-state index is 4.62. The van der Waals surface area contributed by atoms with Crippen LogP contribution in [0.25, 0.3) is 0 Å². The van der Waals surface area contributed by atoms with Gasteiger partial charge in [0.1, 0.15) is 0 Å². The Morgan fingerprint density at radius 3 is 0.538 bits per heavy atom. The predicted molar refractivity (Wildman–Crippen MR) is 62.9 cm³/mol. The molecular weight excluding hydrogens is 280 g/mol. The van der Waals surface area contributed by atoms with Gasteiger partial charge in [-0.15, -0.1) is 0 Å². The molecule has 0 aromatic heterocycles. The van der Waals surface area contributed by atoms with Gasteiger partial charge in [0.25, 0.3) is 0 Å². The Balaban J connectivity index is -0.0000000450. The molecule has 0 heterocycles. The average Bonchev–Trinajstić information content (AvgIpc) is 1.54. The Kier molecular flexibility index (Phi) is 31.1. The van der Waals surface area contributed by atoms with E-state index in [0.717, 1.165) is 0 Å². The number of thiocarbonyl (C=S) groups is 3. The van der Waals surface area contributed by atoms with Crippen molar-refractivity contribution in [1.82, 2.24) is 0 Å². The Morgan fingerprint density at radius 2 is 0.538 bits per heavy atom. The van der Waals surface area contributed by atoms with Crippen molar-refractivity contribution in [3.63, 3.8) is 0 Å². The summed E-state index contributed by atoms with van der Waals surface area (Å²) in [7, 11) is 0. The summed E-state index contributed by atoms with van der Waals surface area (Å²) in [6.45, 7) is 0. The van der Waals surface area contributed by atoms with Crippen LogP contribution >= 0.6 is 36.7 Å². The van der Waals surface area contributed by atoms with Crippen LogP contribution in [0, 0.1) is 0 Å². The first-order chi connectivity index (χ1) is 5.20. The quantitative estimate of drug-likeness (QED) is 0.211. The monoisotopic (exact) mass is 291 g/mol. The van der Waals surface area contributed by atoms with Crippen LogP contribution in [-0.2, 0) is 17.1 Å². The molecule has 13 heavy (non-hydrogen) atoms. The third kappa shape index (κ3) is 6320. The van der Waals surface area contributed by atoms with E-state index in [0.29, 0.717) is 0 Å². The molecule has 0 bridgehead atoms. The van der Waals surface area contributed by atoms with Gasteiger partial charge in [0.15, 0.2) is 15.3 Å². The standard InChI is InChI=1S/3CH4N2S.Cu/c3*2-1(3)4;/h3*(H4,2,3,4);/q;;;+1. The fraction of sp³-hybridized carbons (Fsp3) is 0. The molecule has 12 N–H and O–H groups in total. The number of hydrogen-bond acceptors (Lipinski definition) is 3. The van der Waals surface area contributed by atoms with Crippen LogP contribution in [0.4, 0.5) is 0 Å². The van der Waals surface area contributed by atoms with E-state index in [1.807, 2.05) is 0 Å². The van der Waals surface area contributed by atoms with Gasteiger partial charge < -0.3 is 34.4 Å². The summed E-state index contributed by atoms with van der Waals surface area (Å²) in [4.78, 5) is 0. The summed E-state index contributed by atoms with van der Waals surface area (Å²) >= 11 is 12.3. The third-order valence-corrected chi connectivity index (χ3v) is 0. The second kappa shape index (κ2) is 17.6. The molecule has 0 rings (SSSR count). The van der Waals surface area contributed by atoms with Crippen molar-refractivity contribution in [2.45, 2.75) is 0 Å². The fourth-order valence-electron chi connectivity index (χ4n) is 0. The van der Waals surface area contributed by atoms with Gasteiger partial charge in [-0.3, -0.25) is 0 Å². The number of rotatable bonds is 0. The van der Waals surface area contributed by atoms with Crippen LogP contribution in [-0.4, -0.2) is 15.3 Å². The van der Waals surface area contributed by atoms with Crippen molar-refractivity contribution >= 4 is 52.0 Å². The summed E-state index contributed by atoms with van der Waals surface area (Å²) in [5, 5.41) is 0.000000000000000666. The van der Waals surface area contributed by atoms with Gasteiger partial charge in [-0.25, -0.2) is 0 Å². The van der Waals surface area contributed by atoms with E-state index < -0.39 is 0 Å². The molecule has 0 amide bonds. The van der Waals surface area contributed by atoms with Gasteiger partial charge >= 0.3 is 17.1 Å². The molecule has 0 fully saturated rings. The van der Waals surface area contributed by atoms with E-state index in [9.17, 15) is 0 Å². The minimum Gasteiger partial charge on any atom is -0.377 e. The maximum atomic E-state index is 4.62. The Bertz CT molecular complexity index is 121. The molecule has 82 valence electrons. The maximum Gasteiger partial charge on any atom is 1.00 e. The molecule has 6 nitrogen and oxygen atoms in total. The van der Waals surface area contributed by atoms with Crippen LogP contribution in [0.5, 0.6) is 0 Å². The molecule has 0 spiro atoms. The number of hydrogen-bond donors (Lipinski definition) is 6. The molecule has 0 aliphatic rings. The Morgan fingerprint density at radius 1 is 0.538 bits per heavy atom. The van der Waals surface area contributed by atoms with Crippen LogP contribution in [0.1, 0.15) is 0 Å². The molecule has 0 saturated carbocycles. The second-order valence-corrected chi connectivity index (χ2v) is 2.62. The van der Waals surface area contributed by atoms with Gasteiger partial charge in [-0.05, 0) is 36.7 Å². The van der Waals surface area contributed by atoms with E-state index in [1.54, 1.807) is 0 Å². The molecule has 0 radical (unpaired) electrons. The topological polar surface area (TPSA) is 156 Å². The van der Waals surface area contributed by atoms with Crippen LogP contribution in [0.2, 0.25) is 0 Å². The van der Waals surface area contributed by atoms with Crippen molar-refractivity contribution in [1.29, 1.82) is 0 Å². The molecule has 10 heteroatoms. The van der Waals surface area contributed by atoms with Crippen LogP contribution < -0.4 is 34.4 Å². The first-order valence-corrected chi connectivity index (χ1v) is 3.57. The van der Waals surface area contributed by atoms with Crippen molar-refractivity contribution in [3.8, 4) is 0 Å². The minimum atomic E-state index is 0. The van der Waals surface area contributed by atoms with E-state index >= 15 is 0 Å². The molecule has 0 aliphatic heterocycles. The van der Waals surface area contributed by atoms with Gasteiger partial charge in [-0.2, -0.15) is 0 Å². The molecule has 0 unspecified atom stereocenters. The molecule has 0 aromatic rings. The summed E-state index contributed by atoms with van der Waals surface area (Å²) in [6.07, 6.45) is 0. The van der Waals surface area contributed by atoms with E-state index in [1.165, 1.54) is 0 Å². The summed E-state index contributed by atoms with van der Waals surface area (Å²) in [5.74, 6) is 0. The normalized spacial score (nSPS) is 5.54. The summed E-state index contributed by atoms with van der Waals surface area (Å²) < 4.78 is 0. The minimum absolute atomic E-state index is 0. The number of nitrogens with two attached hydrogens (primary N) is 6. The van der Waals surface area contributed by atoms with Gasteiger partial charge in [0.05, 0.1) is 0 Å². The van der Waals surface area contributed by atoms with Gasteiger partial charge in [0, 0.05) is 0 Å². The largest absolute Gasteiger partial charge is 1.00 e. The summed E-state index contributed by atoms with van der Waals surface area (Å²) in [5.41, 5.74) is 27.7. The van der Waals surface area contributed by atoms with Crippen LogP contribution in [0.3, 0.4) is 0 Å². The van der Waals surface area contributed by atoms with Gasteiger partial charge in [0.2, 0.25) is 0 Å². The van der Waals surface area contributed by atoms with Crippen molar-refractivity contribution in [2.24, 2.45) is 34.4 Å². The van der Waals surface area contributed by atoms with Crippen molar-refractivity contribution in [2.75, 3.05) is 0 Å². The Labute approximate surface area is 103 Å². The third-order valence-electron chi connectivity index (χ3n) is 0. The summed E-state index contributed by atoms with van der Waals surface area (Å²) in [6, 6.07) is 0. The van der Waals surface area contributed by atoms with Crippen molar-refractivity contribution < 1.29 is 17.1 Å². The zero-order valence-electron chi connectivity index (χ0n) is 6.49. The zero-order chi connectivity index (χ0) is 10.7. The first-order valence-electron chi connectivity index (χ1n) is 2.34. The Hall–Kier alpha value is -0.411. The van der Waals surface area contributed by atoms with E-state index in [2.05, 4.69) is 71.1 Å². The average molecular weight is 292 g/mol. The van der Waals surface area contributed by atoms with Crippen molar-refractivity contribution in [3.05, 3.63) is 0 Å². The van der Waals surface area contributed by atoms with E-state index in [-0.39, 0.29) is 32.4 Å². The van der Waals surface area contributed by atoms with E-state index in [4.69, 9.17) is 0 Å². The molecule has 0 atom stereocenters. The van der Waals surface area contributed by atoms with Crippen LogP contribution in [0.15, 0.2) is 0 Å². The predicted octanol–water partition coefficient (Wildman–Crippen LogP) is -2.44. The molecule has 0 saturated heterocycles. The first kappa shape index (κ1) is 22.9.